The van der Waals surface area contributed by atoms with Gasteiger partial charge in [-0.2, -0.15) is 0 Å². The van der Waals surface area contributed by atoms with E-state index in [1.165, 1.54) is 15.6 Å². The molecule has 0 saturated carbocycles. The third-order valence-corrected chi connectivity index (χ3v) is 3.73. The van der Waals surface area contributed by atoms with Gasteiger partial charge in [0.2, 0.25) is 0 Å². The summed E-state index contributed by atoms with van der Waals surface area (Å²) in [5, 5.41) is 3.56. The number of nitrogens with one attached hydrogen (secondary N) is 1. The first-order chi connectivity index (χ1) is 7.85. The van der Waals surface area contributed by atoms with Gasteiger partial charge in [0.15, 0.2) is 0 Å². The van der Waals surface area contributed by atoms with Gasteiger partial charge in [0, 0.05) is 10.7 Å². The predicted octanol–water partition coefficient (Wildman–Crippen LogP) is 2.85. The van der Waals surface area contributed by atoms with Crippen molar-refractivity contribution in [3.63, 3.8) is 0 Å². The van der Waals surface area contributed by atoms with E-state index in [0.29, 0.717) is 0 Å². The van der Waals surface area contributed by atoms with E-state index in [1.54, 1.807) is 11.3 Å². The number of rotatable bonds is 5. The molecule has 2 aromatic rings. The molecule has 1 heterocycles. The lowest BCUT2D eigenvalue weighted by atomic mass is 10.0. The van der Waals surface area contributed by atoms with Gasteiger partial charge in [0.25, 0.3) is 0 Å². The predicted molar refractivity (Wildman–Crippen MR) is 71.5 cm³/mol. The van der Waals surface area contributed by atoms with Crippen molar-refractivity contribution >= 4 is 21.4 Å². The molecule has 0 amide bonds. The Kier molecular flexibility index (Phi) is 3.72. The fraction of sp³-hybridized carbons (Fsp3) is 0.231. The number of hydrogen-bond acceptors (Lipinski definition) is 3. The first-order valence-electron chi connectivity index (χ1n) is 5.37. The van der Waals surface area contributed by atoms with E-state index in [-0.39, 0.29) is 6.04 Å². The Morgan fingerprint density at radius 3 is 3.00 bits per heavy atom. The van der Waals surface area contributed by atoms with Gasteiger partial charge < -0.3 is 0 Å². The van der Waals surface area contributed by atoms with Gasteiger partial charge in [-0.05, 0) is 35.2 Å². The van der Waals surface area contributed by atoms with Crippen LogP contribution in [0.4, 0.5) is 0 Å². The van der Waals surface area contributed by atoms with Crippen molar-refractivity contribution in [1.29, 1.82) is 0 Å². The summed E-state index contributed by atoms with van der Waals surface area (Å²) in [6.07, 6.45) is 3.74. The summed E-state index contributed by atoms with van der Waals surface area (Å²) in [4.78, 5) is 0. The van der Waals surface area contributed by atoms with E-state index in [1.807, 2.05) is 6.08 Å². The third-order valence-electron chi connectivity index (χ3n) is 2.71. The van der Waals surface area contributed by atoms with Gasteiger partial charge in [-0.25, -0.2) is 0 Å². The van der Waals surface area contributed by atoms with Crippen LogP contribution in [-0.4, -0.2) is 6.04 Å². The van der Waals surface area contributed by atoms with Gasteiger partial charge in [-0.3, -0.25) is 11.3 Å². The van der Waals surface area contributed by atoms with Gasteiger partial charge in [0.05, 0.1) is 0 Å². The van der Waals surface area contributed by atoms with Crippen molar-refractivity contribution in [2.75, 3.05) is 0 Å². The average molecular weight is 232 g/mol. The Balaban J connectivity index is 2.23. The molecule has 16 heavy (non-hydrogen) atoms. The van der Waals surface area contributed by atoms with Crippen LogP contribution in [-0.2, 0) is 6.42 Å². The number of hydrazine groups is 1. The Hall–Kier alpha value is -1.16. The fourth-order valence-corrected chi connectivity index (χ4v) is 2.84. The fourth-order valence-electron chi connectivity index (χ4n) is 1.87. The van der Waals surface area contributed by atoms with Crippen LogP contribution in [0.25, 0.3) is 10.1 Å². The normalized spacial score (nSPS) is 12.8. The van der Waals surface area contributed by atoms with Crippen LogP contribution < -0.4 is 11.3 Å². The summed E-state index contributed by atoms with van der Waals surface area (Å²) in [5.74, 6) is 5.53. The number of benzene rings is 1. The van der Waals surface area contributed by atoms with Gasteiger partial charge in [0.1, 0.15) is 0 Å². The first kappa shape index (κ1) is 11.3. The highest BCUT2D eigenvalue weighted by Gasteiger charge is 2.09. The minimum atomic E-state index is 0.274. The van der Waals surface area contributed by atoms with Crippen LogP contribution in [0.2, 0.25) is 0 Å². The van der Waals surface area contributed by atoms with Crippen molar-refractivity contribution in [2.45, 2.75) is 18.9 Å². The molecule has 1 aromatic heterocycles. The van der Waals surface area contributed by atoms with Gasteiger partial charge in [-0.1, -0.05) is 24.3 Å². The Bertz CT molecular complexity index is 475. The molecule has 2 nitrogen and oxygen atoms in total. The monoisotopic (exact) mass is 232 g/mol. The minimum absolute atomic E-state index is 0.274. The van der Waals surface area contributed by atoms with Crippen molar-refractivity contribution in [3.05, 3.63) is 47.9 Å². The molecule has 0 fully saturated rings. The number of hydrogen-bond donors (Lipinski definition) is 2. The van der Waals surface area contributed by atoms with Crippen LogP contribution in [0, 0.1) is 0 Å². The van der Waals surface area contributed by atoms with E-state index in [9.17, 15) is 0 Å². The summed E-state index contributed by atoms with van der Waals surface area (Å²) < 4.78 is 1.34. The van der Waals surface area contributed by atoms with Crippen molar-refractivity contribution in [2.24, 2.45) is 5.84 Å². The molecule has 0 aliphatic carbocycles. The molecular weight excluding hydrogens is 216 g/mol. The van der Waals surface area contributed by atoms with Gasteiger partial charge >= 0.3 is 0 Å². The SMILES string of the molecule is C=CCC(Cc1csc2ccccc12)NN. The highest BCUT2D eigenvalue weighted by Crippen LogP contribution is 2.26. The Morgan fingerprint density at radius 1 is 1.44 bits per heavy atom. The lowest BCUT2D eigenvalue weighted by Crippen LogP contribution is -2.36. The molecule has 1 unspecified atom stereocenters. The molecule has 3 N–H and O–H groups in total. The highest BCUT2D eigenvalue weighted by atomic mass is 32.1. The molecule has 1 aromatic carbocycles. The molecule has 0 aliphatic rings. The summed E-state index contributed by atoms with van der Waals surface area (Å²) in [7, 11) is 0. The summed E-state index contributed by atoms with van der Waals surface area (Å²) in [6, 6.07) is 8.75. The molecule has 0 bridgehead atoms. The summed E-state index contributed by atoms with van der Waals surface area (Å²) in [6.45, 7) is 3.75. The quantitative estimate of drug-likeness (QED) is 0.472. The molecule has 84 valence electrons. The zero-order valence-electron chi connectivity index (χ0n) is 9.15. The van der Waals surface area contributed by atoms with E-state index < -0.39 is 0 Å². The smallest absolute Gasteiger partial charge is 0.0345 e. The second-order valence-electron chi connectivity index (χ2n) is 3.85. The average Bonchev–Trinajstić information content (AvgIpc) is 2.72. The second-order valence-corrected chi connectivity index (χ2v) is 4.76. The number of nitrogens with two attached hydrogens (primary N) is 1. The van der Waals surface area contributed by atoms with Crippen LogP contribution in [0.15, 0.2) is 42.3 Å². The van der Waals surface area contributed by atoms with Crippen LogP contribution >= 0.6 is 11.3 Å². The lowest BCUT2D eigenvalue weighted by Gasteiger charge is -2.12. The van der Waals surface area contributed by atoms with E-state index >= 15 is 0 Å². The first-order valence-corrected chi connectivity index (χ1v) is 6.25. The minimum Gasteiger partial charge on any atom is -0.271 e. The Morgan fingerprint density at radius 2 is 2.25 bits per heavy atom. The molecule has 0 saturated heterocycles. The third kappa shape index (κ3) is 2.32. The Labute approximate surface area is 99.7 Å². The number of thiophene rings is 1. The van der Waals surface area contributed by atoms with Crippen molar-refractivity contribution < 1.29 is 0 Å². The van der Waals surface area contributed by atoms with E-state index in [2.05, 4.69) is 41.7 Å². The molecule has 0 aliphatic heterocycles. The van der Waals surface area contributed by atoms with Crippen LogP contribution in [0.3, 0.4) is 0 Å². The van der Waals surface area contributed by atoms with Gasteiger partial charge in [-0.15, -0.1) is 17.9 Å². The van der Waals surface area contributed by atoms with Crippen LogP contribution in [0.5, 0.6) is 0 Å². The standard InChI is InChI=1S/C13H16N2S/c1-2-5-11(15-14)8-10-9-16-13-7-4-3-6-12(10)13/h2-4,6-7,9,11,15H,1,5,8,14H2. The van der Waals surface area contributed by atoms with Crippen LogP contribution in [0.1, 0.15) is 12.0 Å². The number of fused-ring (bicyclic) bond motifs is 1. The summed E-state index contributed by atoms with van der Waals surface area (Å²) in [5.41, 5.74) is 4.21. The molecular formula is C13H16N2S. The molecule has 2 rings (SSSR count). The van der Waals surface area contributed by atoms with Crippen molar-refractivity contribution in [1.82, 2.24) is 5.43 Å². The molecule has 1 atom stereocenters. The maximum absolute atomic E-state index is 5.53. The highest BCUT2D eigenvalue weighted by molar-refractivity contribution is 7.17. The zero-order valence-corrected chi connectivity index (χ0v) is 9.96. The zero-order chi connectivity index (χ0) is 11.4. The largest absolute Gasteiger partial charge is 0.271 e. The lowest BCUT2D eigenvalue weighted by molar-refractivity contribution is 0.533. The molecule has 0 radical (unpaired) electrons. The second kappa shape index (κ2) is 5.25. The topological polar surface area (TPSA) is 38.0 Å². The van der Waals surface area contributed by atoms with Crippen molar-refractivity contribution in [3.8, 4) is 0 Å². The molecule has 3 heteroatoms. The maximum Gasteiger partial charge on any atom is 0.0345 e. The van der Waals surface area contributed by atoms with E-state index in [4.69, 9.17) is 5.84 Å². The molecule has 0 spiro atoms. The maximum atomic E-state index is 5.53. The summed E-state index contributed by atoms with van der Waals surface area (Å²) >= 11 is 1.79. The van der Waals surface area contributed by atoms with E-state index in [0.717, 1.165) is 12.8 Å².